The van der Waals surface area contributed by atoms with E-state index in [1.165, 1.54) is 4.90 Å². The summed E-state index contributed by atoms with van der Waals surface area (Å²) >= 11 is 0. The summed E-state index contributed by atoms with van der Waals surface area (Å²) in [7, 11) is 1.60. The molecule has 0 unspecified atom stereocenters. The highest BCUT2D eigenvalue weighted by Gasteiger charge is 2.42. The molecule has 8 heteroatoms. The Hall–Kier alpha value is -4.20. The van der Waals surface area contributed by atoms with Crippen LogP contribution in [0.15, 0.2) is 78.8 Å². The Morgan fingerprint density at radius 2 is 1.44 bits per heavy atom. The number of imide groups is 1. The summed E-state index contributed by atoms with van der Waals surface area (Å²) in [5.74, 6) is 0.832. The van der Waals surface area contributed by atoms with E-state index in [0.717, 1.165) is 5.56 Å². The maximum atomic E-state index is 13.6. The molecule has 2 aliphatic heterocycles. The van der Waals surface area contributed by atoms with Crippen LogP contribution in [0.25, 0.3) is 5.57 Å². The molecule has 5 rings (SSSR count). The zero-order chi connectivity index (χ0) is 23.5. The lowest BCUT2D eigenvalue weighted by Gasteiger charge is -2.36. The minimum absolute atomic E-state index is 0.236. The molecular weight excluding hydrogens is 430 g/mol. The molecule has 0 radical (unpaired) electrons. The topological polar surface area (TPSA) is 78.9 Å². The van der Waals surface area contributed by atoms with E-state index in [-0.39, 0.29) is 18.4 Å². The summed E-state index contributed by atoms with van der Waals surface area (Å²) in [6.07, 6.45) is 3.44. The SMILES string of the molecule is COc1ccc(C2=C(N3CCN(c4ncccn4)CC3)C(=O)N(Cc3ccccc3)C2=O)cc1. The first-order chi connectivity index (χ1) is 16.7. The van der Waals surface area contributed by atoms with E-state index >= 15 is 0 Å². The number of aromatic nitrogens is 2. The van der Waals surface area contributed by atoms with Crippen molar-refractivity contribution in [1.29, 1.82) is 0 Å². The minimum Gasteiger partial charge on any atom is -0.497 e. The average Bonchev–Trinajstić information content (AvgIpc) is 3.15. The third kappa shape index (κ3) is 4.10. The molecular formula is C26H25N5O3. The number of hydrogen-bond acceptors (Lipinski definition) is 7. The summed E-state index contributed by atoms with van der Waals surface area (Å²) in [6, 6.07) is 18.6. The molecule has 8 nitrogen and oxygen atoms in total. The molecule has 0 atom stereocenters. The lowest BCUT2D eigenvalue weighted by atomic mass is 10.0. The Morgan fingerprint density at radius 3 is 2.09 bits per heavy atom. The van der Waals surface area contributed by atoms with Crippen molar-refractivity contribution in [3.63, 3.8) is 0 Å². The van der Waals surface area contributed by atoms with Crippen LogP contribution in [-0.2, 0) is 16.1 Å². The van der Waals surface area contributed by atoms with E-state index in [0.29, 0.717) is 54.7 Å². The van der Waals surface area contributed by atoms with Crippen LogP contribution >= 0.6 is 0 Å². The highest BCUT2D eigenvalue weighted by atomic mass is 16.5. The molecule has 1 aromatic heterocycles. The van der Waals surface area contributed by atoms with Gasteiger partial charge >= 0.3 is 0 Å². The van der Waals surface area contributed by atoms with Gasteiger partial charge < -0.3 is 14.5 Å². The zero-order valence-corrected chi connectivity index (χ0v) is 18.9. The molecule has 172 valence electrons. The van der Waals surface area contributed by atoms with Crippen molar-refractivity contribution in [1.82, 2.24) is 19.8 Å². The fourth-order valence-corrected chi connectivity index (χ4v) is 4.37. The molecule has 0 N–H and O–H groups in total. The number of amides is 2. The molecule has 0 spiro atoms. The van der Waals surface area contributed by atoms with E-state index in [2.05, 4.69) is 14.9 Å². The average molecular weight is 456 g/mol. The lowest BCUT2D eigenvalue weighted by Crippen LogP contribution is -2.48. The molecule has 34 heavy (non-hydrogen) atoms. The van der Waals surface area contributed by atoms with Gasteiger partial charge in [-0.25, -0.2) is 9.97 Å². The van der Waals surface area contributed by atoms with Gasteiger partial charge in [0.15, 0.2) is 0 Å². The number of carbonyl (C=O) groups excluding carboxylic acids is 2. The van der Waals surface area contributed by atoms with Gasteiger partial charge in [0.1, 0.15) is 11.4 Å². The maximum absolute atomic E-state index is 13.6. The normalized spacial score (nSPS) is 16.4. The number of rotatable bonds is 6. The predicted octanol–water partition coefficient (Wildman–Crippen LogP) is 2.59. The smallest absolute Gasteiger partial charge is 0.278 e. The van der Waals surface area contributed by atoms with Gasteiger partial charge in [0.25, 0.3) is 11.8 Å². The van der Waals surface area contributed by atoms with Crippen molar-refractivity contribution >= 4 is 23.3 Å². The van der Waals surface area contributed by atoms with Crippen LogP contribution < -0.4 is 9.64 Å². The molecule has 2 aromatic carbocycles. The van der Waals surface area contributed by atoms with Crippen LogP contribution in [0.4, 0.5) is 5.95 Å². The first-order valence-electron chi connectivity index (χ1n) is 11.2. The number of methoxy groups -OCH3 is 1. The summed E-state index contributed by atoms with van der Waals surface area (Å²) in [4.78, 5) is 41.3. The Bertz CT molecular complexity index is 1200. The zero-order valence-electron chi connectivity index (χ0n) is 18.9. The molecule has 0 saturated carbocycles. The highest BCUT2D eigenvalue weighted by molar-refractivity contribution is 6.35. The van der Waals surface area contributed by atoms with Gasteiger partial charge in [-0.3, -0.25) is 14.5 Å². The largest absolute Gasteiger partial charge is 0.497 e. The number of carbonyl (C=O) groups is 2. The van der Waals surface area contributed by atoms with Crippen LogP contribution in [0.5, 0.6) is 5.75 Å². The number of ether oxygens (including phenoxy) is 1. The van der Waals surface area contributed by atoms with E-state index in [1.54, 1.807) is 25.6 Å². The molecule has 3 heterocycles. The van der Waals surface area contributed by atoms with Crippen LogP contribution in [0.2, 0.25) is 0 Å². The number of anilines is 1. The minimum atomic E-state index is -0.275. The highest BCUT2D eigenvalue weighted by Crippen LogP contribution is 2.34. The summed E-state index contributed by atoms with van der Waals surface area (Å²) in [5.41, 5.74) is 2.51. The summed E-state index contributed by atoms with van der Waals surface area (Å²) in [6.45, 7) is 2.73. The van der Waals surface area contributed by atoms with Gasteiger partial charge in [-0.2, -0.15) is 0 Å². The number of piperazine rings is 1. The van der Waals surface area contributed by atoms with Crippen molar-refractivity contribution in [2.75, 3.05) is 38.2 Å². The number of hydrogen-bond donors (Lipinski definition) is 0. The Kier molecular flexibility index (Phi) is 5.95. The van der Waals surface area contributed by atoms with Gasteiger partial charge in [-0.15, -0.1) is 0 Å². The van der Waals surface area contributed by atoms with Crippen LogP contribution in [-0.4, -0.2) is 64.9 Å². The van der Waals surface area contributed by atoms with Gasteiger partial charge in [0.05, 0.1) is 19.2 Å². The lowest BCUT2D eigenvalue weighted by molar-refractivity contribution is -0.138. The van der Waals surface area contributed by atoms with Gasteiger partial charge in [0.2, 0.25) is 5.95 Å². The van der Waals surface area contributed by atoms with Gasteiger partial charge in [0, 0.05) is 38.6 Å². The van der Waals surface area contributed by atoms with E-state index in [4.69, 9.17) is 4.74 Å². The van der Waals surface area contributed by atoms with Crippen molar-refractivity contribution < 1.29 is 14.3 Å². The standard InChI is InChI=1S/C26H25N5O3/c1-34-21-10-8-20(9-11-21)22-23(25(33)31(24(22)32)18-19-6-3-2-4-7-19)29-14-16-30(17-15-29)26-27-12-5-13-28-26/h2-13H,14-18H2,1H3. The molecule has 1 fully saturated rings. The van der Waals surface area contributed by atoms with Crippen LogP contribution in [0, 0.1) is 0 Å². The monoisotopic (exact) mass is 455 g/mol. The van der Waals surface area contributed by atoms with Crippen molar-refractivity contribution in [3.8, 4) is 5.75 Å². The molecule has 2 amide bonds. The number of benzene rings is 2. The third-order valence-corrected chi connectivity index (χ3v) is 6.14. The molecule has 0 bridgehead atoms. The van der Waals surface area contributed by atoms with E-state index < -0.39 is 0 Å². The van der Waals surface area contributed by atoms with Gasteiger partial charge in [-0.05, 0) is 29.3 Å². The van der Waals surface area contributed by atoms with E-state index in [9.17, 15) is 9.59 Å². The fourth-order valence-electron chi connectivity index (χ4n) is 4.37. The Morgan fingerprint density at radius 1 is 0.794 bits per heavy atom. The van der Waals surface area contributed by atoms with Gasteiger partial charge in [-0.1, -0.05) is 42.5 Å². The second-order valence-corrected chi connectivity index (χ2v) is 8.16. The van der Waals surface area contributed by atoms with Crippen LogP contribution in [0.3, 0.4) is 0 Å². The summed E-state index contributed by atoms with van der Waals surface area (Å²) < 4.78 is 5.27. The number of nitrogens with zero attached hydrogens (tertiary/aromatic N) is 5. The van der Waals surface area contributed by atoms with Crippen LogP contribution in [0.1, 0.15) is 11.1 Å². The molecule has 1 saturated heterocycles. The summed E-state index contributed by atoms with van der Waals surface area (Å²) in [5, 5.41) is 0. The van der Waals surface area contributed by atoms with E-state index in [1.807, 2.05) is 59.5 Å². The first kappa shape index (κ1) is 21.6. The quantitative estimate of drug-likeness (QED) is 0.529. The second kappa shape index (κ2) is 9.35. The maximum Gasteiger partial charge on any atom is 0.278 e. The van der Waals surface area contributed by atoms with Crippen molar-refractivity contribution in [3.05, 3.63) is 89.9 Å². The third-order valence-electron chi connectivity index (χ3n) is 6.14. The Balaban J connectivity index is 1.45. The Labute approximate surface area is 198 Å². The molecule has 3 aromatic rings. The predicted molar refractivity (Wildman–Crippen MR) is 128 cm³/mol. The first-order valence-corrected chi connectivity index (χ1v) is 11.2. The van der Waals surface area contributed by atoms with Crippen molar-refractivity contribution in [2.24, 2.45) is 0 Å². The van der Waals surface area contributed by atoms with Crippen molar-refractivity contribution in [2.45, 2.75) is 6.54 Å². The second-order valence-electron chi connectivity index (χ2n) is 8.16. The molecule has 2 aliphatic rings. The fraction of sp³-hybridized carbons (Fsp3) is 0.231. The molecule has 0 aliphatic carbocycles.